The fourth-order valence-corrected chi connectivity index (χ4v) is 2.46. The van der Waals surface area contributed by atoms with Crippen molar-refractivity contribution in [2.45, 2.75) is 0 Å². The van der Waals surface area contributed by atoms with E-state index < -0.39 is 17.9 Å². The van der Waals surface area contributed by atoms with E-state index in [0.29, 0.717) is 0 Å². The molecule has 0 saturated heterocycles. The lowest BCUT2D eigenvalue weighted by atomic mass is 10.1. The average molecular weight is 359 g/mol. The van der Waals surface area contributed by atoms with Crippen LogP contribution >= 0.6 is 0 Å². The highest BCUT2D eigenvalue weighted by molar-refractivity contribution is 6.07. The van der Waals surface area contributed by atoms with Gasteiger partial charge in [0.05, 0.1) is 32.6 Å². The normalized spacial score (nSPS) is 13.3. The molecule has 0 amide bonds. The predicted octanol–water partition coefficient (Wildman–Crippen LogP) is 1.88. The van der Waals surface area contributed by atoms with Crippen molar-refractivity contribution in [1.29, 1.82) is 0 Å². The number of esters is 2. The van der Waals surface area contributed by atoms with Gasteiger partial charge in [-0.3, -0.25) is 0 Å². The quantitative estimate of drug-likeness (QED) is 0.795. The number of benzene rings is 1. The first-order chi connectivity index (χ1) is 12.5. The largest absolute Gasteiger partial charge is 0.496 e. The lowest BCUT2D eigenvalue weighted by Gasteiger charge is -2.25. The molecule has 1 heterocycles. The lowest BCUT2D eigenvalue weighted by Crippen LogP contribution is -2.28. The van der Waals surface area contributed by atoms with Crippen LogP contribution in [0.15, 0.2) is 53.9 Å². The van der Waals surface area contributed by atoms with Gasteiger partial charge in [0.1, 0.15) is 17.0 Å². The first kappa shape index (κ1) is 18.8. The molecule has 8 nitrogen and oxygen atoms in total. The Labute approximate surface area is 149 Å². The first-order valence-corrected chi connectivity index (χ1v) is 7.41. The van der Waals surface area contributed by atoms with Crippen LogP contribution < -0.4 is 9.64 Å². The maximum absolute atomic E-state index is 12.4. The van der Waals surface area contributed by atoms with Gasteiger partial charge >= 0.3 is 17.9 Å². The molecule has 0 radical (unpaired) electrons. The number of aromatic carboxylic acids is 1. The molecule has 1 aliphatic heterocycles. The molecule has 0 bridgehead atoms. The Hall–Kier alpha value is -3.55. The third-order valence-corrected chi connectivity index (χ3v) is 3.59. The van der Waals surface area contributed by atoms with E-state index in [4.69, 9.17) is 14.2 Å². The lowest BCUT2D eigenvalue weighted by molar-refractivity contribution is -0.139. The Morgan fingerprint density at radius 2 is 1.69 bits per heavy atom. The van der Waals surface area contributed by atoms with E-state index in [1.165, 1.54) is 49.6 Å². The summed E-state index contributed by atoms with van der Waals surface area (Å²) in [5, 5.41) is 9.61. The second-order valence-corrected chi connectivity index (χ2v) is 4.98. The van der Waals surface area contributed by atoms with Gasteiger partial charge in [-0.05, 0) is 24.3 Å². The van der Waals surface area contributed by atoms with Crippen LogP contribution in [0, 0.1) is 0 Å². The molecular formula is C18H17NO7. The van der Waals surface area contributed by atoms with Crippen LogP contribution in [0.3, 0.4) is 0 Å². The zero-order valence-electron chi connectivity index (χ0n) is 14.4. The molecule has 1 aromatic rings. The van der Waals surface area contributed by atoms with Gasteiger partial charge in [-0.1, -0.05) is 12.1 Å². The highest BCUT2D eigenvalue weighted by Crippen LogP contribution is 2.34. The predicted molar refractivity (Wildman–Crippen MR) is 91.8 cm³/mol. The number of carboxylic acids is 1. The highest BCUT2D eigenvalue weighted by Gasteiger charge is 2.30. The molecule has 1 aliphatic rings. The summed E-state index contributed by atoms with van der Waals surface area (Å²) in [7, 11) is 3.67. The van der Waals surface area contributed by atoms with Gasteiger partial charge in [0.25, 0.3) is 0 Å². The number of ether oxygens (including phenoxy) is 3. The second kappa shape index (κ2) is 8.02. The van der Waals surface area contributed by atoms with Crippen molar-refractivity contribution in [2.24, 2.45) is 0 Å². The summed E-state index contributed by atoms with van der Waals surface area (Å²) in [6.45, 7) is 0. The number of rotatable bonds is 5. The smallest absolute Gasteiger partial charge is 0.355 e. The molecule has 8 heteroatoms. The second-order valence-electron chi connectivity index (χ2n) is 4.98. The third kappa shape index (κ3) is 3.44. The number of anilines is 1. The summed E-state index contributed by atoms with van der Waals surface area (Å²) in [6, 6.07) is 4.54. The number of carbonyl (C=O) groups is 3. The van der Waals surface area contributed by atoms with Crippen LogP contribution in [0.1, 0.15) is 10.4 Å². The third-order valence-electron chi connectivity index (χ3n) is 3.59. The van der Waals surface area contributed by atoms with E-state index in [1.54, 1.807) is 12.1 Å². The zero-order chi connectivity index (χ0) is 19.3. The summed E-state index contributed by atoms with van der Waals surface area (Å²) < 4.78 is 14.6. The standard InChI is InChI=1S/C18H17NO7/c1-24-13-9-6-8-12(14(13)16(20)21)19-10-5-4-7-11(17(22)25-2)15(19)18(23)26-3/h4-10H,1-3H3,(H,20,21). The van der Waals surface area contributed by atoms with Crippen LogP contribution in [0.4, 0.5) is 5.69 Å². The fraction of sp³-hybridized carbons (Fsp3) is 0.167. The number of nitrogens with zero attached hydrogens (tertiary/aromatic N) is 1. The molecule has 0 unspecified atom stereocenters. The summed E-state index contributed by atoms with van der Waals surface area (Å²) in [5.41, 5.74) is -0.311. The Balaban J connectivity index is 2.80. The van der Waals surface area contributed by atoms with E-state index in [0.717, 1.165) is 7.11 Å². The zero-order valence-corrected chi connectivity index (χ0v) is 14.4. The number of carboxylic acid groups (broad SMARTS) is 1. The van der Waals surface area contributed by atoms with Crippen molar-refractivity contribution in [3.63, 3.8) is 0 Å². The Morgan fingerprint density at radius 3 is 2.27 bits per heavy atom. The van der Waals surface area contributed by atoms with Crippen molar-refractivity contribution in [1.82, 2.24) is 0 Å². The molecule has 0 saturated carbocycles. The molecule has 0 atom stereocenters. The highest BCUT2D eigenvalue weighted by atomic mass is 16.5. The number of allylic oxidation sites excluding steroid dienone is 2. The van der Waals surface area contributed by atoms with E-state index in [-0.39, 0.29) is 28.3 Å². The van der Waals surface area contributed by atoms with Gasteiger partial charge in [-0.2, -0.15) is 0 Å². The van der Waals surface area contributed by atoms with Gasteiger partial charge in [0.15, 0.2) is 0 Å². The molecular weight excluding hydrogens is 342 g/mol. The minimum Gasteiger partial charge on any atom is -0.496 e. The van der Waals surface area contributed by atoms with Crippen LogP contribution in [0.5, 0.6) is 5.75 Å². The van der Waals surface area contributed by atoms with E-state index in [2.05, 4.69) is 0 Å². The summed E-state index contributed by atoms with van der Waals surface area (Å²) in [6.07, 6.45) is 5.90. The fourth-order valence-electron chi connectivity index (χ4n) is 2.46. The minimum atomic E-state index is -1.26. The maximum atomic E-state index is 12.4. The van der Waals surface area contributed by atoms with E-state index in [9.17, 15) is 19.5 Å². The number of carbonyl (C=O) groups excluding carboxylic acids is 2. The molecule has 26 heavy (non-hydrogen) atoms. The minimum absolute atomic E-state index is 0.0801. The first-order valence-electron chi connectivity index (χ1n) is 7.41. The molecule has 1 N–H and O–H groups in total. The van der Waals surface area contributed by atoms with Crippen molar-refractivity contribution < 1.29 is 33.7 Å². The molecule has 0 fully saturated rings. The van der Waals surface area contributed by atoms with Gasteiger partial charge < -0.3 is 24.2 Å². The summed E-state index contributed by atoms with van der Waals surface area (Å²) in [5.74, 6) is -2.76. The molecule has 1 aromatic carbocycles. The molecule has 0 aromatic heterocycles. The number of hydrogen-bond acceptors (Lipinski definition) is 7. The Kier molecular flexibility index (Phi) is 5.79. The molecule has 0 aliphatic carbocycles. The molecule has 2 rings (SSSR count). The Morgan fingerprint density at radius 1 is 1.00 bits per heavy atom. The molecule has 0 spiro atoms. The SMILES string of the molecule is COC(=O)C1=C(C(=O)OC)N(c2cccc(OC)c2C(=O)O)C=CC=C1. The van der Waals surface area contributed by atoms with Crippen molar-refractivity contribution >= 4 is 23.6 Å². The van der Waals surface area contributed by atoms with Gasteiger partial charge in [-0.15, -0.1) is 0 Å². The summed E-state index contributed by atoms with van der Waals surface area (Å²) >= 11 is 0. The topological polar surface area (TPSA) is 102 Å². The van der Waals surface area contributed by atoms with Crippen molar-refractivity contribution in [3.05, 3.63) is 59.5 Å². The maximum Gasteiger partial charge on any atom is 0.355 e. The van der Waals surface area contributed by atoms with Gasteiger partial charge in [0.2, 0.25) is 0 Å². The van der Waals surface area contributed by atoms with Crippen LogP contribution in [-0.2, 0) is 19.1 Å². The van der Waals surface area contributed by atoms with Crippen molar-refractivity contribution in [2.75, 3.05) is 26.2 Å². The number of hydrogen-bond donors (Lipinski definition) is 1. The van der Waals surface area contributed by atoms with Crippen LogP contribution in [0.2, 0.25) is 0 Å². The van der Waals surface area contributed by atoms with Gasteiger partial charge in [-0.25, -0.2) is 14.4 Å². The molecule has 136 valence electrons. The van der Waals surface area contributed by atoms with E-state index in [1.807, 2.05) is 0 Å². The van der Waals surface area contributed by atoms with E-state index >= 15 is 0 Å². The average Bonchev–Trinajstić information content (AvgIpc) is 2.88. The van der Waals surface area contributed by atoms with Crippen molar-refractivity contribution in [3.8, 4) is 5.75 Å². The number of methoxy groups -OCH3 is 3. The Bertz CT molecular complexity index is 836. The summed E-state index contributed by atoms with van der Waals surface area (Å²) in [4.78, 5) is 37.6. The van der Waals surface area contributed by atoms with Crippen LogP contribution in [0.25, 0.3) is 0 Å². The monoisotopic (exact) mass is 359 g/mol. The van der Waals surface area contributed by atoms with Crippen LogP contribution in [-0.4, -0.2) is 44.3 Å². The van der Waals surface area contributed by atoms with Gasteiger partial charge in [0, 0.05) is 6.20 Å².